The lowest BCUT2D eigenvalue weighted by Gasteiger charge is -2.27. The van der Waals surface area contributed by atoms with Crippen LogP contribution < -0.4 is 4.87 Å². The molecule has 28 heavy (non-hydrogen) atoms. The second kappa shape index (κ2) is 7.20. The summed E-state index contributed by atoms with van der Waals surface area (Å²) in [6.45, 7) is 4.22. The zero-order valence-corrected chi connectivity index (χ0v) is 17.0. The number of nitrogens with zero attached hydrogens (tertiary/aromatic N) is 4. The number of pyridine rings is 1. The Morgan fingerprint density at radius 3 is 2.93 bits per heavy atom. The zero-order chi connectivity index (χ0) is 19.1. The van der Waals surface area contributed by atoms with Crippen LogP contribution in [0.25, 0.3) is 20.8 Å². The summed E-state index contributed by atoms with van der Waals surface area (Å²) in [5.41, 5.74) is 7.61. The quantitative estimate of drug-likeness (QED) is 0.559. The largest absolute Gasteiger partial charge is 0.322 e. The molecule has 8 heteroatoms. The van der Waals surface area contributed by atoms with Crippen LogP contribution in [0.3, 0.4) is 0 Å². The molecule has 0 saturated carbocycles. The summed E-state index contributed by atoms with van der Waals surface area (Å²) in [5, 5.41) is 7.27. The Balaban J connectivity index is 1.37. The fourth-order valence-corrected chi connectivity index (χ4v) is 5.06. The molecule has 6 nitrogen and oxygen atoms in total. The summed E-state index contributed by atoms with van der Waals surface area (Å²) in [4.78, 5) is 22.9. The van der Waals surface area contributed by atoms with Gasteiger partial charge in [0.1, 0.15) is 5.01 Å². The van der Waals surface area contributed by atoms with Crippen LogP contribution >= 0.6 is 22.7 Å². The number of rotatable bonds is 3. The van der Waals surface area contributed by atoms with Gasteiger partial charge in [0, 0.05) is 43.0 Å². The fourth-order valence-electron chi connectivity index (χ4n) is 3.81. The van der Waals surface area contributed by atoms with Crippen molar-refractivity contribution in [3.05, 3.63) is 62.5 Å². The Kier molecular flexibility index (Phi) is 4.54. The maximum atomic E-state index is 11.4. The number of aromatic nitrogens is 4. The van der Waals surface area contributed by atoms with Crippen molar-refractivity contribution in [2.24, 2.45) is 0 Å². The normalized spacial score (nSPS) is 16.0. The van der Waals surface area contributed by atoms with Crippen molar-refractivity contribution in [1.29, 1.82) is 0 Å². The van der Waals surface area contributed by atoms with Crippen LogP contribution in [0.2, 0.25) is 0 Å². The number of thiazole rings is 1. The van der Waals surface area contributed by atoms with Gasteiger partial charge >= 0.3 is 4.87 Å². The van der Waals surface area contributed by atoms with Gasteiger partial charge < -0.3 is 0 Å². The standard InChI is InChI=1S/C20H19N5OS2/c1-12(13-2-3-18-17(9-13)22-11-27-18)25-6-4-14-8-15(10-21-16(14)5-7-25)19-23-24-20(26)28-19/h2-3,8-12H,4-7H2,1H3,(H,24,26)/t12-/m0/s1. The fraction of sp³-hybridized carbons (Fsp3) is 0.300. The van der Waals surface area contributed by atoms with Crippen molar-refractivity contribution < 1.29 is 0 Å². The summed E-state index contributed by atoms with van der Waals surface area (Å²) in [7, 11) is 0. The molecule has 4 aromatic rings. The third-order valence-corrected chi connectivity index (χ3v) is 7.04. The first-order valence-corrected chi connectivity index (χ1v) is 11.0. The summed E-state index contributed by atoms with van der Waals surface area (Å²) in [5.74, 6) is 0. The number of benzene rings is 1. The molecule has 1 aliphatic rings. The molecule has 0 saturated heterocycles. The minimum atomic E-state index is -0.137. The third-order valence-electron chi connectivity index (χ3n) is 5.43. The van der Waals surface area contributed by atoms with Gasteiger partial charge in [-0.05, 0) is 42.7 Å². The Bertz CT molecular complexity index is 1190. The van der Waals surface area contributed by atoms with Gasteiger partial charge in [0.15, 0.2) is 0 Å². The first-order chi connectivity index (χ1) is 13.7. The van der Waals surface area contributed by atoms with Crippen LogP contribution in [0.4, 0.5) is 0 Å². The first kappa shape index (κ1) is 17.7. The topological polar surface area (TPSA) is 74.8 Å². The number of fused-ring (bicyclic) bond motifs is 2. The van der Waals surface area contributed by atoms with Crippen LogP contribution in [0.5, 0.6) is 0 Å². The van der Waals surface area contributed by atoms with E-state index in [0.29, 0.717) is 11.0 Å². The molecule has 142 valence electrons. The highest BCUT2D eigenvalue weighted by molar-refractivity contribution is 7.16. The molecule has 0 radical (unpaired) electrons. The van der Waals surface area contributed by atoms with Gasteiger partial charge in [-0.25, -0.2) is 10.1 Å². The van der Waals surface area contributed by atoms with Crippen molar-refractivity contribution in [2.75, 3.05) is 13.1 Å². The number of aromatic amines is 1. The monoisotopic (exact) mass is 409 g/mol. The van der Waals surface area contributed by atoms with Gasteiger partial charge in [-0.2, -0.15) is 5.10 Å². The average Bonchev–Trinajstić information content (AvgIpc) is 3.30. The highest BCUT2D eigenvalue weighted by atomic mass is 32.1. The molecule has 0 spiro atoms. The van der Waals surface area contributed by atoms with Crippen molar-refractivity contribution in [3.63, 3.8) is 0 Å². The molecule has 5 rings (SSSR count). The first-order valence-electron chi connectivity index (χ1n) is 9.28. The number of hydrogen-bond donors (Lipinski definition) is 1. The molecular weight excluding hydrogens is 390 g/mol. The molecule has 0 fully saturated rings. The lowest BCUT2D eigenvalue weighted by molar-refractivity contribution is 0.221. The molecule has 0 bridgehead atoms. The Labute approximate surface area is 169 Å². The summed E-state index contributed by atoms with van der Waals surface area (Å²) < 4.78 is 1.23. The molecule has 0 aliphatic carbocycles. The highest BCUT2D eigenvalue weighted by Crippen LogP contribution is 2.28. The summed E-state index contributed by atoms with van der Waals surface area (Å²) in [6, 6.07) is 9.08. The predicted molar refractivity (Wildman–Crippen MR) is 113 cm³/mol. The Morgan fingerprint density at radius 1 is 1.18 bits per heavy atom. The van der Waals surface area contributed by atoms with Crippen LogP contribution in [0.15, 0.2) is 40.8 Å². The average molecular weight is 410 g/mol. The molecule has 1 atom stereocenters. The maximum absolute atomic E-state index is 11.4. The van der Waals surface area contributed by atoms with E-state index in [0.717, 1.165) is 54.0 Å². The van der Waals surface area contributed by atoms with Gasteiger partial charge in [-0.15, -0.1) is 11.3 Å². The predicted octanol–water partition coefficient (Wildman–Crippen LogP) is 3.66. The van der Waals surface area contributed by atoms with E-state index in [4.69, 9.17) is 0 Å². The zero-order valence-electron chi connectivity index (χ0n) is 15.4. The van der Waals surface area contributed by atoms with Crippen LogP contribution in [-0.2, 0) is 12.8 Å². The van der Waals surface area contributed by atoms with E-state index in [2.05, 4.69) is 56.3 Å². The van der Waals surface area contributed by atoms with Gasteiger partial charge in [-0.1, -0.05) is 17.4 Å². The van der Waals surface area contributed by atoms with E-state index >= 15 is 0 Å². The smallest absolute Gasteiger partial charge is 0.296 e. The third kappa shape index (κ3) is 3.28. The van der Waals surface area contributed by atoms with Crippen molar-refractivity contribution in [2.45, 2.75) is 25.8 Å². The van der Waals surface area contributed by atoms with E-state index in [-0.39, 0.29) is 4.87 Å². The van der Waals surface area contributed by atoms with E-state index in [1.165, 1.54) is 15.8 Å². The molecular formula is C20H19N5OS2. The minimum Gasteiger partial charge on any atom is -0.296 e. The van der Waals surface area contributed by atoms with Crippen LogP contribution in [0.1, 0.15) is 29.8 Å². The Morgan fingerprint density at radius 2 is 2.07 bits per heavy atom. The molecule has 1 aliphatic heterocycles. The van der Waals surface area contributed by atoms with Crippen molar-refractivity contribution >= 4 is 32.9 Å². The van der Waals surface area contributed by atoms with Gasteiger partial charge in [0.05, 0.1) is 15.7 Å². The van der Waals surface area contributed by atoms with Crippen molar-refractivity contribution in [1.82, 2.24) is 25.1 Å². The minimum absolute atomic E-state index is 0.137. The van der Waals surface area contributed by atoms with E-state index in [9.17, 15) is 4.79 Å². The number of nitrogens with one attached hydrogen (secondary N) is 1. The SMILES string of the molecule is C[C@@H](c1ccc2scnc2c1)N1CCc2cc(-c3n[nH]c(=O)s3)cnc2CC1. The molecule has 3 aromatic heterocycles. The molecule has 0 amide bonds. The summed E-state index contributed by atoms with van der Waals surface area (Å²) >= 11 is 2.80. The van der Waals surface area contributed by atoms with Crippen LogP contribution in [-0.4, -0.2) is 38.2 Å². The number of hydrogen-bond acceptors (Lipinski definition) is 7. The lowest BCUT2D eigenvalue weighted by Crippen LogP contribution is -2.29. The highest BCUT2D eigenvalue weighted by Gasteiger charge is 2.21. The van der Waals surface area contributed by atoms with Gasteiger partial charge in [0.25, 0.3) is 0 Å². The van der Waals surface area contributed by atoms with Crippen LogP contribution in [0, 0.1) is 0 Å². The molecule has 0 unspecified atom stereocenters. The number of H-pyrrole nitrogens is 1. The molecule has 1 aromatic carbocycles. The lowest BCUT2D eigenvalue weighted by atomic mass is 10.1. The molecule has 1 N–H and O–H groups in total. The van der Waals surface area contributed by atoms with E-state index < -0.39 is 0 Å². The van der Waals surface area contributed by atoms with E-state index in [1.807, 2.05) is 11.7 Å². The van der Waals surface area contributed by atoms with Gasteiger partial charge in [-0.3, -0.25) is 14.7 Å². The summed E-state index contributed by atoms with van der Waals surface area (Å²) in [6.07, 6.45) is 3.70. The Hall–Kier alpha value is -2.42. The van der Waals surface area contributed by atoms with Gasteiger partial charge in [0.2, 0.25) is 0 Å². The molecule has 4 heterocycles. The van der Waals surface area contributed by atoms with E-state index in [1.54, 1.807) is 11.3 Å². The second-order valence-corrected chi connectivity index (χ2v) is 8.89. The maximum Gasteiger partial charge on any atom is 0.322 e. The van der Waals surface area contributed by atoms with Crippen molar-refractivity contribution in [3.8, 4) is 10.6 Å². The second-order valence-electron chi connectivity index (χ2n) is 7.04.